The maximum Gasteiger partial charge on any atom is 0.223 e. The Kier molecular flexibility index (Phi) is 4.90. The lowest BCUT2D eigenvalue weighted by molar-refractivity contribution is -0.131. The summed E-state index contributed by atoms with van der Waals surface area (Å²) in [6.45, 7) is 5.15. The Labute approximate surface area is 136 Å². The lowest BCUT2D eigenvalue weighted by Gasteiger charge is -2.22. The van der Waals surface area contributed by atoms with Gasteiger partial charge in [0.25, 0.3) is 0 Å². The molecule has 0 aromatic carbocycles. The van der Waals surface area contributed by atoms with Crippen molar-refractivity contribution >= 4 is 11.7 Å². The van der Waals surface area contributed by atoms with Crippen LogP contribution in [-0.2, 0) is 11.2 Å². The van der Waals surface area contributed by atoms with E-state index in [-0.39, 0.29) is 5.91 Å². The molecule has 1 saturated heterocycles. The molecule has 1 amide bonds. The second kappa shape index (κ2) is 7.26. The van der Waals surface area contributed by atoms with E-state index in [9.17, 15) is 4.79 Å². The minimum atomic E-state index is 0.193. The minimum absolute atomic E-state index is 0.193. The molecule has 1 fully saturated rings. The van der Waals surface area contributed by atoms with Gasteiger partial charge in [0, 0.05) is 39.0 Å². The van der Waals surface area contributed by atoms with Gasteiger partial charge in [-0.3, -0.25) is 4.79 Å². The van der Waals surface area contributed by atoms with Gasteiger partial charge in [0.15, 0.2) is 5.82 Å². The zero-order valence-electron chi connectivity index (χ0n) is 13.4. The highest BCUT2D eigenvalue weighted by Gasteiger charge is 2.20. The molecule has 6 nitrogen and oxygen atoms in total. The average Bonchev–Trinajstić information content (AvgIpc) is 2.96. The summed E-state index contributed by atoms with van der Waals surface area (Å²) in [6, 6.07) is 7.73. The van der Waals surface area contributed by atoms with Crippen molar-refractivity contribution in [2.24, 2.45) is 0 Å². The molecule has 3 rings (SSSR count). The van der Waals surface area contributed by atoms with E-state index in [1.165, 1.54) is 0 Å². The summed E-state index contributed by atoms with van der Waals surface area (Å²) in [5, 5.41) is 8.36. The lowest BCUT2D eigenvalue weighted by atomic mass is 10.2. The molecule has 0 radical (unpaired) electrons. The molecule has 0 N–H and O–H groups in total. The zero-order chi connectivity index (χ0) is 16.1. The van der Waals surface area contributed by atoms with Crippen LogP contribution in [-0.4, -0.2) is 47.2 Å². The lowest BCUT2D eigenvalue weighted by Crippen LogP contribution is -2.35. The quantitative estimate of drug-likeness (QED) is 0.864. The van der Waals surface area contributed by atoms with Crippen LogP contribution in [0.3, 0.4) is 0 Å². The minimum Gasteiger partial charge on any atom is -0.469 e. The number of amides is 1. The van der Waals surface area contributed by atoms with Crippen molar-refractivity contribution in [1.82, 2.24) is 15.1 Å². The number of anilines is 1. The van der Waals surface area contributed by atoms with Crippen molar-refractivity contribution in [3.05, 3.63) is 42.0 Å². The van der Waals surface area contributed by atoms with Crippen molar-refractivity contribution < 1.29 is 9.21 Å². The molecule has 1 aliphatic rings. The number of hydrogen-bond acceptors (Lipinski definition) is 5. The van der Waals surface area contributed by atoms with E-state index in [4.69, 9.17) is 4.42 Å². The van der Waals surface area contributed by atoms with Crippen molar-refractivity contribution in [3.8, 4) is 0 Å². The fraction of sp³-hybridized carbons (Fsp3) is 0.471. The second-order valence-electron chi connectivity index (χ2n) is 5.83. The molecule has 2 aromatic rings. The zero-order valence-corrected chi connectivity index (χ0v) is 13.4. The molecule has 3 heterocycles. The fourth-order valence-electron chi connectivity index (χ4n) is 2.80. The third kappa shape index (κ3) is 4.09. The molecule has 6 heteroatoms. The summed E-state index contributed by atoms with van der Waals surface area (Å²) >= 11 is 0. The molecule has 1 aliphatic heterocycles. The Bertz CT molecular complexity index is 625. The number of hydrogen-bond donors (Lipinski definition) is 0. The Balaban J connectivity index is 1.53. The summed E-state index contributed by atoms with van der Waals surface area (Å²) in [7, 11) is 0. The van der Waals surface area contributed by atoms with Gasteiger partial charge in [-0.25, -0.2) is 0 Å². The van der Waals surface area contributed by atoms with Crippen LogP contribution in [0.1, 0.15) is 24.3 Å². The first-order valence-electron chi connectivity index (χ1n) is 8.08. The molecule has 0 saturated carbocycles. The van der Waals surface area contributed by atoms with Gasteiger partial charge >= 0.3 is 0 Å². The van der Waals surface area contributed by atoms with Crippen molar-refractivity contribution in [2.75, 3.05) is 31.1 Å². The number of rotatable bonds is 4. The van der Waals surface area contributed by atoms with Gasteiger partial charge < -0.3 is 14.2 Å². The van der Waals surface area contributed by atoms with Gasteiger partial charge in [-0.15, -0.1) is 5.10 Å². The van der Waals surface area contributed by atoms with Gasteiger partial charge in [0.2, 0.25) is 5.91 Å². The third-order valence-corrected chi connectivity index (χ3v) is 4.12. The molecule has 0 aliphatic carbocycles. The number of carbonyl (C=O) groups is 1. The molecule has 23 heavy (non-hydrogen) atoms. The van der Waals surface area contributed by atoms with Crippen molar-refractivity contribution in [3.63, 3.8) is 0 Å². The van der Waals surface area contributed by atoms with E-state index in [0.717, 1.165) is 49.9 Å². The maximum absolute atomic E-state index is 12.4. The van der Waals surface area contributed by atoms with E-state index >= 15 is 0 Å². The van der Waals surface area contributed by atoms with Crippen LogP contribution in [0.5, 0.6) is 0 Å². The first-order valence-corrected chi connectivity index (χ1v) is 8.08. The Hall–Kier alpha value is -2.37. The van der Waals surface area contributed by atoms with Crippen LogP contribution in [0.2, 0.25) is 0 Å². The number of aromatic nitrogens is 2. The van der Waals surface area contributed by atoms with Gasteiger partial charge in [-0.1, -0.05) is 0 Å². The molecular formula is C17H22N4O2. The van der Waals surface area contributed by atoms with Crippen LogP contribution in [0.15, 0.2) is 34.9 Å². The molecule has 0 atom stereocenters. The Morgan fingerprint density at radius 3 is 2.83 bits per heavy atom. The maximum atomic E-state index is 12.4. The van der Waals surface area contributed by atoms with Crippen LogP contribution in [0.25, 0.3) is 0 Å². The first-order chi connectivity index (χ1) is 11.2. The van der Waals surface area contributed by atoms with Crippen LogP contribution in [0, 0.1) is 6.92 Å². The number of carbonyl (C=O) groups excluding carboxylic acids is 1. The Morgan fingerprint density at radius 2 is 2.09 bits per heavy atom. The predicted molar refractivity (Wildman–Crippen MR) is 87.2 cm³/mol. The van der Waals surface area contributed by atoms with E-state index in [1.54, 1.807) is 6.26 Å². The highest BCUT2D eigenvalue weighted by Crippen LogP contribution is 2.14. The Morgan fingerprint density at radius 1 is 1.17 bits per heavy atom. The van der Waals surface area contributed by atoms with Crippen molar-refractivity contribution in [2.45, 2.75) is 26.2 Å². The predicted octanol–water partition coefficient (Wildman–Crippen LogP) is 2.05. The molecular weight excluding hydrogens is 292 g/mol. The smallest absolute Gasteiger partial charge is 0.223 e. The molecule has 122 valence electrons. The topological polar surface area (TPSA) is 62.5 Å². The first kappa shape index (κ1) is 15.5. The van der Waals surface area contributed by atoms with Gasteiger partial charge in [0.1, 0.15) is 5.76 Å². The van der Waals surface area contributed by atoms with Crippen LogP contribution < -0.4 is 4.90 Å². The standard InChI is InChI=1S/C17H22N4O2/c1-14-5-7-16(19-18-14)20-9-3-10-21(12-11-20)17(22)8-6-15-4-2-13-23-15/h2,4-5,7,13H,3,6,8-12H2,1H3. The fourth-order valence-corrected chi connectivity index (χ4v) is 2.80. The summed E-state index contributed by atoms with van der Waals surface area (Å²) in [4.78, 5) is 16.5. The summed E-state index contributed by atoms with van der Waals surface area (Å²) in [5.41, 5.74) is 0.915. The molecule has 0 bridgehead atoms. The molecule has 0 unspecified atom stereocenters. The molecule has 2 aromatic heterocycles. The number of nitrogens with zero attached hydrogens (tertiary/aromatic N) is 4. The summed E-state index contributed by atoms with van der Waals surface area (Å²) in [5.74, 6) is 1.95. The van der Waals surface area contributed by atoms with Crippen molar-refractivity contribution in [1.29, 1.82) is 0 Å². The third-order valence-electron chi connectivity index (χ3n) is 4.12. The van der Waals surface area contributed by atoms with E-state index in [2.05, 4.69) is 15.1 Å². The van der Waals surface area contributed by atoms with Crippen LogP contribution >= 0.6 is 0 Å². The van der Waals surface area contributed by atoms with Crippen LogP contribution in [0.4, 0.5) is 5.82 Å². The number of aryl methyl sites for hydroxylation is 2. The highest BCUT2D eigenvalue weighted by molar-refractivity contribution is 5.76. The van der Waals surface area contributed by atoms with E-state index in [1.807, 2.05) is 36.1 Å². The number of furan rings is 1. The monoisotopic (exact) mass is 314 g/mol. The summed E-state index contributed by atoms with van der Waals surface area (Å²) in [6.07, 6.45) is 3.75. The normalized spacial score (nSPS) is 15.5. The van der Waals surface area contributed by atoms with E-state index < -0.39 is 0 Å². The van der Waals surface area contributed by atoms with Gasteiger partial charge in [-0.05, 0) is 37.6 Å². The van der Waals surface area contributed by atoms with E-state index in [0.29, 0.717) is 12.8 Å². The SMILES string of the molecule is Cc1ccc(N2CCCN(C(=O)CCc3ccco3)CC2)nn1. The summed E-state index contributed by atoms with van der Waals surface area (Å²) < 4.78 is 5.29. The van der Waals surface area contributed by atoms with Gasteiger partial charge in [0.05, 0.1) is 12.0 Å². The highest BCUT2D eigenvalue weighted by atomic mass is 16.3. The largest absolute Gasteiger partial charge is 0.469 e. The molecule has 0 spiro atoms. The average molecular weight is 314 g/mol. The second-order valence-corrected chi connectivity index (χ2v) is 5.83. The van der Waals surface area contributed by atoms with Gasteiger partial charge in [-0.2, -0.15) is 5.10 Å².